The lowest BCUT2D eigenvalue weighted by Gasteiger charge is -2.33. The molecule has 1 heterocycles. The lowest BCUT2D eigenvalue weighted by atomic mass is 9.94. The van der Waals surface area contributed by atoms with Gasteiger partial charge in [0.15, 0.2) is 0 Å². The second-order valence-corrected chi connectivity index (χ2v) is 5.82. The van der Waals surface area contributed by atoms with Crippen LogP contribution in [-0.2, 0) is 14.3 Å². The Bertz CT molecular complexity index is 688. The van der Waals surface area contributed by atoms with Gasteiger partial charge in [-0.2, -0.15) is 0 Å². The fraction of sp³-hybridized carbons (Fsp3) is 0.412. The van der Waals surface area contributed by atoms with Gasteiger partial charge in [-0.3, -0.25) is 0 Å². The summed E-state index contributed by atoms with van der Waals surface area (Å²) in [5.74, 6) is -1.27. The van der Waals surface area contributed by atoms with E-state index < -0.39 is 23.9 Å². The van der Waals surface area contributed by atoms with Crippen LogP contribution in [-0.4, -0.2) is 43.8 Å². The third-order valence-corrected chi connectivity index (χ3v) is 4.26. The van der Waals surface area contributed by atoms with Crippen molar-refractivity contribution in [1.29, 1.82) is 0 Å². The van der Waals surface area contributed by atoms with Crippen molar-refractivity contribution >= 4 is 23.6 Å². The third-order valence-electron chi connectivity index (χ3n) is 3.93. The van der Waals surface area contributed by atoms with Crippen LogP contribution in [0.2, 0.25) is 5.02 Å². The maximum Gasteiger partial charge on any atom is 0.338 e. The standard InChI is InChI=1S/C17H20ClFN2O4/c1-4-24-8-9-25-16(22)13-10(2)21(3)17(23)20-15(13)14-11(18)6-5-7-12(14)19/h5-7,15H,4,8-9H2,1-3H3,(H,20,23). The van der Waals surface area contributed by atoms with Crippen molar-refractivity contribution in [3.8, 4) is 0 Å². The molecule has 136 valence electrons. The van der Waals surface area contributed by atoms with Crippen molar-refractivity contribution in [2.75, 3.05) is 26.9 Å². The number of benzene rings is 1. The molecule has 8 heteroatoms. The van der Waals surface area contributed by atoms with Crippen LogP contribution in [0.3, 0.4) is 0 Å². The Morgan fingerprint density at radius 3 is 2.76 bits per heavy atom. The maximum atomic E-state index is 14.3. The van der Waals surface area contributed by atoms with Crippen LogP contribution in [0.5, 0.6) is 0 Å². The van der Waals surface area contributed by atoms with Crippen LogP contribution in [0.25, 0.3) is 0 Å². The van der Waals surface area contributed by atoms with Crippen LogP contribution in [0.1, 0.15) is 25.5 Å². The number of rotatable bonds is 6. The lowest BCUT2D eigenvalue weighted by Crippen LogP contribution is -2.46. The summed E-state index contributed by atoms with van der Waals surface area (Å²) in [6.45, 7) is 4.24. The fourth-order valence-electron chi connectivity index (χ4n) is 2.52. The zero-order valence-corrected chi connectivity index (χ0v) is 15.0. The average molecular weight is 371 g/mol. The van der Waals surface area contributed by atoms with E-state index in [1.165, 1.54) is 30.1 Å². The van der Waals surface area contributed by atoms with E-state index in [9.17, 15) is 14.0 Å². The quantitative estimate of drug-likeness (QED) is 0.617. The summed E-state index contributed by atoms with van der Waals surface area (Å²) in [7, 11) is 1.51. The Morgan fingerprint density at radius 2 is 2.12 bits per heavy atom. The van der Waals surface area contributed by atoms with Crippen molar-refractivity contribution in [3.63, 3.8) is 0 Å². The molecule has 2 amide bonds. The van der Waals surface area contributed by atoms with Crippen molar-refractivity contribution in [3.05, 3.63) is 45.9 Å². The van der Waals surface area contributed by atoms with E-state index in [0.29, 0.717) is 12.3 Å². The van der Waals surface area contributed by atoms with Gasteiger partial charge in [0.1, 0.15) is 12.4 Å². The van der Waals surface area contributed by atoms with E-state index >= 15 is 0 Å². The van der Waals surface area contributed by atoms with Crippen molar-refractivity contribution in [2.45, 2.75) is 19.9 Å². The molecule has 0 saturated heterocycles. The normalized spacial score (nSPS) is 17.6. The van der Waals surface area contributed by atoms with Gasteiger partial charge in [-0.25, -0.2) is 14.0 Å². The highest BCUT2D eigenvalue weighted by molar-refractivity contribution is 6.31. The lowest BCUT2D eigenvalue weighted by molar-refractivity contribution is -0.141. The zero-order valence-electron chi connectivity index (χ0n) is 14.3. The topological polar surface area (TPSA) is 67.9 Å². The largest absolute Gasteiger partial charge is 0.460 e. The fourth-order valence-corrected chi connectivity index (χ4v) is 2.79. The second-order valence-electron chi connectivity index (χ2n) is 5.41. The van der Waals surface area contributed by atoms with Crippen molar-refractivity contribution in [2.24, 2.45) is 0 Å². The first-order valence-electron chi connectivity index (χ1n) is 7.82. The van der Waals surface area contributed by atoms with Gasteiger partial charge in [-0.15, -0.1) is 0 Å². The van der Waals surface area contributed by atoms with Crippen LogP contribution >= 0.6 is 11.6 Å². The number of halogens is 2. The molecule has 1 aromatic rings. The SMILES string of the molecule is CCOCCOC(=O)C1=C(C)N(C)C(=O)NC1c1c(F)cccc1Cl. The number of nitrogens with zero attached hydrogens (tertiary/aromatic N) is 1. The Balaban J connectivity index is 2.39. The molecule has 1 N–H and O–H groups in total. The number of ether oxygens (including phenoxy) is 2. The third kappa shape index (κ3) is 4.11. The minimum atomic E-state index is -1.03. The summed E-state index contributed by atoms with van der Waals surface area (Å²) in [5.41, 5.74) is 0.529. The van der Waals surface area contributed by atoms with Gasteiger partial charge >= 0.3 is 12.0 Å². The predicted octanol–water partition coefficient (Wildman–Crippen LogP) is 3.03. The van der Waals surface area contributed by atoms with Gasteiger partial charge in [0.25, 0.3) is 0 Å². The molecule has 0 aromatic heterocycles. The Labute approximate surface area is 150 Å². The number of nitrogens with one attached hydrogen (secondary N) is 1. The first-order chi connectivity index (χ1) is 11.9. The number of hydrogen-bond donors (Lipinski definition) is 1. The molecule has 1 atom stereocenters. The molecule has 2 rings (SSSR count). The van der Waals surface area contributed by atoms with Gasteiger partial charge in [0.2, 0.25) is 0 Å². The minimum absolute atomic E-state index is 0.0294. The predicted molar refractivity (Wildman–Crippen MR) is 90.6 cm³/mol. The Hall–Kier alpha value is -2.12. The van der Waals surface area contributed by atoms with E-state index in [1.807, 2.05) is 6.92 Å². The Morgan fingerprint density at radius 1 is 1.40 bits per heavy atom. The van der Waals surface area contributed by atoms with Crippen LogP contribution < -0.4 is 5.32 Å². The molecule has 0 radical (unpaired) electrons. The molecule has 1 aliphatic rings. The zero-order chi connectivity index (χ0) is 18.6. The summed E-state index contributed by atoms with van der Waals surface area (Å²) in [6, 6.07) is 2.68. The van der Waals surface area contributed by atoms with Gasteiger partial charge in [-0.05, 0) is 26.0 Å². The molecule has 0 aliphatic carbocycles. The molecule has 0 fully saturated rings. The highest BCUT2D eigenvalue weighted by Crippen LogP contribution is 2.35. The van der Waals surface area contributed by atoms with Gasteiger partial charge in [-0.1, -0.05) is 17.7 Å². The van der Waals surface area contributed by atoms with Crippen molar-refractivity contribution < 1.29 is 23.5 Å². The van der Waals surface area contributed by atoms with E-state index in [1.54, 1.807) is 6.92 Å². The van der Waals surface area contributed by atoms with Gasteiger partial charge in [0.05, 0.1) is 18.2 Å². The molecule has 0 spiro atoms. The number of esters is 1. The highest BCUT2D eigenvalue weighted by atomic mass is 35.5. The monoisotopic (exact) mass is 370 g/mol. The molecule has 25 heavy (non-hydrogen) atoms. The van der Waals surface area contributed by atoms with E-state index in [4.69, 9.17) is 21.1 Å². The van der Waals surface area contributed by atoms with Gasteiger partial charge in [0, 0.05) is 29.9 Å². The number of carbonyl (C=O) groups excluding carboxylic acids is 2. The van der Waals surface area contributed by atoms with E-state index in [-0.39, 0.29) is 29.4 Å². The smallest absolute Gasteiger partial charge is 0.338 e. The van der Waals surface area contributed by atoms with Gasteiger partial charge < -0.3 is 19.7 Å². The molecule has 1 aliphatic heterocycles. The van der Waals surface area contributed by atoms with E-state index in [0.717, 1.165) is 0 Å². The van der Waals surface area contributed by atoms with Crippen LogP contribution in [0.4, 0.5) is 9.18 Å². The number of urea groups is 1. The summed E-state index contributed by atoms with van der Waals surface area (Å²) in [4.78, 5) is 25.9. The summed E-state index contributed by atoms with van der Waals surface area (Å²) in [6.07, 6.45) is 0. The molecular weight excluding hydrogens is 351 g/mol. The number of hydrogen-bond acceptors (Lipinski definition) is 4. The number of allylic oxidation sites excluding steroid dienone is 1. The first kappa shape index (κ1) is 19.2. The molecule has 0 saturated carbocycles. The molecule has 1 aromatic carbocycles. The second kappa shape index (κ2) is 8.31. The van der Waals surface area contributed by atoms with E-state index in [2.05, 4.69) is 5.32 Å². The number of carbonyl (C=O) groups is 2. The molecule has 0 bridgehead atoms. The average Bonchev–Trinajstić information content (AvgIpc) is 2.56. The summed E-state index contributed by atoms with van der Waals surface area (Å²) < 4.78 is 24.7. The summed E-state index contributed by atoms with van der Waals surface area (Å²) >= 11 is 6.11. The van der Waals surface area contributed by atoms with Crippen LogP contribution in [0.15, 0.2) is 29.5 Å². The van der Waals surface area contributed by atoms with Crippen LogP contribution in [0, 0.1) is 5.82 Å². The van der Waals surface area contributed by atoms with Crippen molar-refractivity contribution in [1.82, 2.24) is 10.2 Å². The molecule has 1 unspecified atom stereocenters. The summed E-state index contributed by atoms with van der Waals surface area (Å²) in [5, 5.41) is 2.71. The molecular formula is C17H20ClFN2O4. The first-order valence-corrected chi connectivity index (χ1v) is 8.20. The maximum absolute atomic E-state index is 14.3. The highest BCUT2D eigenvalue weighted by Gasteiger charge is 2.37. The Kier molecular flexibility index (Phi) is 6.39. The molecule has 6 nitrogen and oxygen atoms in total. The minimum Gasteiger partial charge on any atom is -0.460 e. The number of amides is 2.